The van der Waals surface area contributed by atoms with Crippen LogP contribution in [0.15, 0.2) is 44.3 Å². The van der Waals surface area contributed by atoms with Crippen molar-refractivity contribution in [2.45, 2.75) is 31.2 Å². The SMILES string of the molecule is CC(C)c1ccccc1NS(=O)(=O)c1cc(CN)oc1Br. The van der Waals surface area contributed by atoms with Gasteiger partial charge in [-0.1, -0.05) is 32.0 Å². The number of rotatable bonds is 5. The van der Waals surface area contributed by atoms with Crippen LogP contribution in [0.4, 0.5) is 5.69 Å². The molecule has 7 heteroatoms. The van der Waals surface area contributed by atoms with Crippen LogP contribution in [0.1, 0.15) is 31.1 Å². The maximum Gasteiger partial charge on any atom is 0.266 e. The van der Waals surface area contributed by atoms with Gasteiger partial charge in [0.05, 0.1) is 12.2 Å². The number of nitrogens with two attached hydrogens (primary N) is 1. The minimum absolute atomic E-state index is 0.0431. The van der Waals surface area contributed by atoms with E-state index in [2.05, 4.69) is 20.7 Å². The van der Waals surface area contributed by atoms with Gasteiger partial charge in [0.2, 0.25) is 0 Å². The Bertz CT molecular complexity index is 738. The fraction of sp³-hybridized carbons (Fsp3) is 0.286. The molecule has 0 amide bonds. The third-order valence-corrected chi connectivity index (χ3v) is 5.25. The molecule has 5 nitrogen and oxygen atoms in total. The van der Waals surface area contributed by atoms with E-state index in [1.807, 2.05) is 26.0 Å². The highest BCUT2D eigenvalue weighted by Gasteiger charge is 2.23. The Hall–Kier alpha value is -1.31. The fourth-order valence-electron chi connectivity index (χ4n) is 1.97. The molecule has 0 spiro atoms. The normalized spacial score (nSPS) is 11.9. The van der Waals surface area contributed by atoms with Crippen LogP contribution >= 0.6 is 15.9 Å². The standard InChI is InChI=1S/C14H17BrN2O3S/c1-9(2)11-5-3-4-6-12(11)17-21(18,19)13-7-10(8-16)20-14(13)15/h3-7,9,17H,8,16H2,1-2H3. The predicted molar refractivity (Wildman–Crippen MR) is 85.6 cm³/mol. The maximum absolute atomic E-state index is 12.5. The van der Waals surface area contributed by atoms with Gasteiger partial charge >= 0.3 is 0 Å². The molecule has 0 atom stereocenters. The van der Waals surface area contributed by atoms with Gasteiger partial charge < -0.3 is 10.2 Å². The maximum atomic E-state index is 12.5. The van der Waals surface area contributed by atoms with Gasteiger partial charge in [-0.05, 0) is 33.5 Å². The van der Waals surface area contributed by atoms with Gasteiger partial charge in [-0.15, -0.1) is 0 Å². The van der Waals surface area contributed by atoms with E-state index >= 15 is 0 Å². The van der Waals surface area contributed by atoms with Crippen LogP contribution in [-0.2, 0) is 16.6 Å². The second kappa shape index (κ2) is 6.21. The van der Waals surface area contributed by atoms with Crippen molar-refractivity contribution >= 4 is 31.6 Å². The highest BCUT2D eigenvalue weighted by molar-refractivity contribution is 9.10. The summed E-state index contributed by atoms with van der Waals surface area (Å²) in [6.45, 7) is 4.15. The summed E-state index contributed by atoms with van der Waals surface area (Å²) in [7, 11) is -3.74. The highest BCUT2D eigenvalue weighted by Crippen LogP contribution is 2.30. The Morgan fingerprint density at radius 3 is 2.57 bits per heavy atom. The van der Waals surface area contributed by atoms with Crippen molar-refractivity contribution in [2.24, 2.45) is 5.73 Å². The summed E-state index contributed by atoms with van der Waals surface area (Å²) in [5.41, 5.74) is 6.96. The van der Waals surface area contributed by atoms with Crippen LogP contribution in [0.5, 0.6) is 0 Å². The van der Waals surface area contributed by atoms with E-state index in [1.54, 1.807) is 12.1 Å². The smallest absolute Gasteiger partial charge is 0.266 e. The first kappa shape index (κ1) is 16.1. The first-order valence-corrected chi connectivity index (χ1v) is 8.72. The zero-order chi connectivity index (χ0) is 15.6. The van der Waals surface area contributed by atoms with Crippen LogP contribution in [0, 0.1) is 0 Å². The zero-order valence-electron chi connectivity index (χ0n) is 11.8. The third-order valence-electron chi connectivity index (χ3n) is 3.02. The number of halogens is 1. The average molecular weight is 373 g/mol. The molecule has 0 saturated heterocycles. The van der Waals surface area contributed by atoms with E-state index in [1.165, 1.54) is 6.07 Å². The fourth-order valence-corrected chi connectivity index (χ4v) is 4.06. The van der Waals surface area contributed by atoms with Crippen LogP contribution in [0.3, 0.4) is 0 Å². The lowest BCUT2D eigenvalue weighted by atomic mass is 10.0. The van der Waals surface area contributed by atoms with Crippen molar-refractivity contribution in [3.05, 3.63) is 46.3 Å². The van der Waals surface area contributed by atoms with E-state index in [-0.39, 0.29) is 22.0 Å². The highest BCUT2D eigenvalue weighted by atomic mass is 79.9. The van der Waals surface area contributed by atoms with Crippen molar-refractivity contribution in [1.82, 2.24) is 0 Å². The largest absolute Gasteiger partial charge is 0.452 e. The summed E-state index contributed by atoms with van der Waals surface area (Å²) in [5, 5.41) is 0. The average Bonchev–Trinajstić information content (AvgIpc) is 2.81. The molecule has 21 heavy (non-hydrogen) atoms. The number of sulfonamides is 1. The number of hydrogen-bond donors (Lipinski definition) is 2. The minimum Gasteiger partial charge on any atom is -0.452 e. The molecule has 2 rings (SSSR count). The first-order chi connectivity index (χ1) is 9.85. The van der Waals surface area contributed by atoms with Gasteiger partial charge in [-0.2, -0.15) is 0 Å². The lowest BCUT2D eigenvalue weighted by molar-refractivity contribution is 0.484. The molecule has 2 aromatic rings. The summed E-state index contributed by atoms with van der Waals surface area (Å²) < 4.78 is 33.0. The van der Waals surface area contributed by atoms with Gasteiger partial charge in [-0.25, -0.2) is 8.42 Å². The van der Waals surface area contributed by atoms with Gasteiger partial charge in [0.1, 0.15) is 10.7 Å². The van der Waals surface area contributed by atoms with Crippen molar-refractivity contribution in [1.29, 1.82) is 0 Å². The molecule has 0 saturated carbocycles. The molecule has 114 valence electrons. The molecule has 3 N–H and O–H groups in total. The lowest BCUT2D eigenvalue weighted by Crippen LogP contribution is -2.14. The second-order valence-corrected chi connectivity index (χ2v) is 7.27. The summed E-state index contributed by atoms with van der Waals surface area (Å²) in [6, 6.07) is 8.74. The van der Waals surface area contributed by atoms with E-state index in [0.29, 0.717) is 11.4 Å². The zero-order valence-corrected chi connectivity index (χ0v) is 14.2. The van der Waals surface area contributed by atoms with Crippen molar-refractivity contribution in [3.8, 4) is 0 Å². The van der Waals surface area contributed by atoms with E-state index in [0.717, 1.165) is 5.56 Å². The summed E-state index contributed by atoms with van der Waals surface area (Å²) in [5.74, 6) is 0.607. The van der Waals surface area contributed by atoms with Gasteiger partial charge in [-0.3, -0.25) is 4.72 Å². The molecule has 1 aromatic heterocycles. The van der Waals surface area contributed by atoms with Crippen molar-refractivity contribution < 1.29 is 12.8 Å². The van der Waals surface area contributed by atoms with Crippen LogP contribution < -0.4 is 10.5 Å². The molecule has 0 bridgehead atoms. The number of benzene rings is 1. The van der Waals surface area contributed by atoms with E-state index in [4.69, 9.17) is 10.2 Å². The molecule has 0 aliphatic rings. The Morgan fingerprint density at radius 1 is 1.33 bits per heavy atom. The van der Waals surface area contributed by atoms with Gasteiger partial charge in [0, 0.05) is 6.07 Å². The Kier molecular flexibility index (Phi) is 4.75. The lowest BCUT2D eigenvalue weighted by Gasteiger charge is -2.14. The van der Waals surface area contributed by atoms with Gasteiger partial charge in [0.15, 0.2) is 4.67 Å². The van der Waals surface area contributed by atoms with E-state index < -0.39 is 10.0 Å². The molecule has 0 radical (unpaired) electrons. The molecule has 0 fully saturated rings. The number of para-hydroxylation sites is 1. The molecule has 0 aliphatic heterocycles. The third kappa shape index (κ3) is 3.48. The van der Waals surface area contributed by atoms with E-state index in [9.17, 15) is 8.42 Å². The topological polar surface area (TPSA) is 85.3 Å². The quantitative estimate of drug-likeness (QED) is 0.841. The van der Waals surface area contributed by atoms with Gasteiger partial charge in [0.25, 0.3) is 10.0 Å². The Labute approximate surface area is 132 Å². The second-order valence-electron chi connectivity index (χ2n) is 4.90. The van der Waals surface area contributed by atoms with Crippen molar-refractivity contribution in [2.75, 3.05) is 4.72 Å². The van der Waals surface area contributed by atoms with Crippen LogP contribution in [0.25, 0.3) is 0 Å². The minimum atomic E-state index is -3.74. The first-order valence-electron chi connectivity index (χ1n) is 6.45. The molecule has 0 unspecified atom stereocenters. The summed E-state index contributed by atoms with van der Waals surface area (Å²) in [4.78, 5) is 0.0431. The predicted octanol–water partition coefficient (Wildman–Crippen LogP) is 3.43. The molecule has 1 heterocycles. The molecule has 0 aliphatic carbocycles. The van der Waals surface area contributed by atoms with Crippen LogP contribution in [0.2, 0.25) is 0 Å². The Balaban J connectivity index is 2.40. The number of furan rings is 1. The van der Waals surface area contributed by atoms with Crippen LogP contribution in [-0.4, -0.2) is 8.42 Å². The summed E-state index contributed by atoms with van der Waals surface area (Å²) >= 11 is 3.11. The number of anilines is 1. The number of nitrogens with one attached hydrogen (secondary N) is 1. The van der Waals surface area contributed by atoms with Crippen molar-refractivity contribution in [3.63, 3.8) is 0 Å². The molecule has 1 aromatic carbocycles. The molecular formula is C14H17BrN2O3S. The Morgan fingerprint density at radius 2 is 2.00 bits per heavy atom. The number of hydrogen-bond acceptors (Lipinski definition) is 4. The summed E-state index contributed by atoms with van der Waals surface area (Å²) in [6.07, 6.45) is 0. The molecular weight excluding hydrogens is 356 g/mol. The monoisotopic (exact) mass is 372 g/mol.